The van der Waals surface area contributed by atoms with Crippen LogP contribution >= 0.6 is 0 Å². The van der Waals surface area contributed by atoms with E-state index in [1.165, 1.54) is 0 Å². The number of ether oxygens (including phenoxy) is 1. The van der Waals surface area contributed by atoms with Crippen LogP contribution in [-0.4, -0.2) is 30.8 Å². The maximum Gasteiger partial charge on any atom is 0.268 e. The zero-order valence-corrected chi connectivity index (χ0v) is 10.2. The van der Waals surface area contributed by atoms with Crippen LogP contribution in [0.5, 0.6) is 5.75 Å². The number of aliphatic hydroxyl groups excluding tert-OH is 1. The number of methoxy groups -OCH3 is 1. The van der Waals surface area contributed by atoms with Gasteiger partial charge in [0.05, 0.1) is 13.2 Å². The third kappa shape index (κ3) is 2.56. The van der Waals surface area contributed by atoms with Gasteiger partial charge >= 0.3 is 0 Å². The van der Waals surface area contributed by atoms with Crippen LogP contribution in [0, 0.1) is 5.92 Å². The minimum atomic E-state index is -2.77. The number of hydrogen-bond acceptors (Lipinski definition) is 3. The average Bonchev–Trinajstić information content (AvgIpc) is 2.66. The average molecular weight is 257 g/mol. The van der Waals surface area contributed by atoms with Crippen molar-refractivity contribution in [2.75, 3.05) is 19.0 Å². The van der Waals surface area contributed by atoms with Crippen molar-refractivity contribution in [1.29, 1.82) is 0 Å². The van der Waals surface area contributed by atoms with Crippen molar-refractivity contribution < 1.29 is 18.6 Å². The Labute approximate surface area is 105 Å². The fourth-order valence-corrected chi connectivity index (χ4v) is 2.33. The van der Waals surface area contributed by atoms with E-state index in [2.05, 4.69) is 5.32 Å². The van der Waals surface area contributed by atoms with Crippen molar-refractivity contribution in [3.63, 3.8) is 0 Å². The Kier molecular flexibility index (Phi) is 3.71. The lowest BCUT2D eigenvalue weighted by molar-refractivity contribution is -0.00902. The second-order valence-corrected chi connectivity index (χ2v) is 4.59. The molecule has 0 aliphatic heterocycles. The van der Waals surface area contributed by atoms with Crippen LogP contribution in [0.4, 0.5) is 14.5 Å². The van der Waals surface area contributed by atoms with Crippen LogP contribution in [0.25, 0.3) is 0 Å². The van der Waals surface area contributed by atoms with Gasteiger partial charge in [-0.15, -0.1) is 0 Å². The number of hydrogen-bond donors (Lipinski definition) is 2. The highest BCUT2D eigenvalue weighted by molar-refractivity contribution is 5.47. The highest BCUT2D eigenvalue weighted by Gasteiger charge is 2.49. The summed E-state index contributed by atoms with van der Waals surface area (Å²) < 4.78 is 32.4. The van der Waals surface area contributed by atoms with Gasteiger partial charge in [-0.1, -0.05) is 0 Å². The monoisotopic (exact) mass is 257 g/mol. The van der Waals surface area contributed by atoms with Crippen molar-refractivity contribution in [3.8, 4) is 5.75 Å². The first-order valence-electron chi connectivity index (χ1n) is 5.96. The number of rotatable bonds is 4. The van der Waals surface area contributed by atoms with Crippen LogP contribution in [0.1, 0.15) is 12.8 Å². The number of benzene rings is 1. The molecule has 18 heavy (non-hydrogen) atoms. The van der Waals surface area contributed by atoms with Crippen molar-refractivity contribution >= 4 is 5.69 Å². The van der Waals surface area contributed by atoms with Gasteiger partial charge in [-0.05, 0) is 30.7 Å². The number of anilines is 1. The van der Waals surface area contributed by atoms with Gasteiger partial charge in [-0.25, -0.2) is 8.78 Å². The van der Waals surface area contributed by atoms with Gasteiger partial charge in [0, 0.05) is 24.6 Å². The molecule has 0 amide bonds. The van der Waals surface area contributed by atoms with Gasteiger partial charge in [-0.3, -0.25) is 0 Å². The van der Waals surface area contributed by atoms with E-state index in [9.17, 15) is 8.78 Å². The van der Waals surface area contributed by atoms with E-state index < -0.39 is 17.9 Å². The smallest absolute Gasteiger partial charge is 0.268 e. The van der Waals surface area contributed by atoms with Crippen LogP contribution in [-0.2, 0) is 0 Å². The van der Waals surface area contributed by atoms with Gasteiger partial charge in [0.15, 0.2) is 0 Å². The molecular formula is C13H17F2NO2. The molecule has 0 radical (unpaired) electrons. The van der Waals surface area contributed by atoms with E-state index >= 15 is 0 Å². The second-order valence-electron chi connectivity index (χ2n) is 4.59. The molecular weight excluding hydrogens is 240 g/mol. The topological polar surface area (TPSA) is 41.5 Å². The first-order chi connectivity index (χ1) is 8.56. The number of nitrogens with one attached hydrogen (secondary N) is 1. The van der Waals surface area contributed by atoms with Crippen LogP contribution in [0.3, 0.4) is 0 Å². The Hall–Kier alpha value is -1.36. The molecule has 2 rings (SSSR count). The largest absolute Gasteiger partial charge is 0.497 e. The summed E-state index contributed by atoms with van der Waals surface area (Å²) in [7, 11) is 1.55. The Bertz CT molecular complexity index is 394. The van der Waals surface area contributed by atoms with E-state index in [0.717, 1.165) is 0 Å². The molecule has 2 N–H and O–H groups in total. The highest BCUT2D eigenvalue weighted by atomic mass is 19.3. The molecule has 5 heteroatoms. The summed E-state index contributed by atoms with van der Waals surface area (Å²) in [4.78, 5) is 0. The highest BCUT2D eigenvalue weighted by Crippen LogP contribution is 2.40. The van der Waals surface area contributed by atoms with E-state index in [0.29, 0.717) is 17.9 Å². The lowest BCUT2D eigenvalue weighted by atomic mass is 10.0. The molecule has 1 saturated carbocycles. The first kappa shape index (κ1) is 13.1. The molecule has 3 nitrogen and oxygen atoms in total. The van der Waals surface area contributed by atoms with Crippen molar-refractivity contribution in [2.45, 2.75) is 24.8 Å². The van der Waals surface area contributed by atoms with Crippen LogP contribution < -0.4 is 10.1 Å². The summed E-state index contributed by atoms with van der Waals surface area (Å²) >= 11 is 0. The Morgan fingerprint density at radius 3 is 2.61 bits per heavy atom. The SMILES string of the molecule is COc1ccc(N[C@H]2[C@@H](CO)CCC2(F)F)cc1. The molecule has 1 aliphatic carbocycles. The standard InChI is InChI=1S/C13H17F2NO2/c1-18-11-4-2-10(3-5-11)16-12-9(8-17)6-7-13(12,14)15/h2-5,9,12,16-17H,6-8H2,1H3/t9-,12+/m1/s1. The molecule has 2 atom stereocenters. The Balaban J connectivity index is 2.10. The lowest BCUT2D eigenvalue weighted by Crippen LogP contribution is -2.40. The predicted octanol–water partition coefficient (Wildman–Crippen LogP) is 2.51. The molecule has 1 aromatic rings. The number of halogens is 2. The van der Waals surface area contributed by atoms with Crippen molar-refractivity contribution in [3.05, 3.63) is 24.3 Å². The molecule has 0 spiro atoms. The Morgan fingerprint density at radius 2 is 2.06 bits per heavy atom. The van der Waals surface area contributed by atoms with Crippen molar-refractivity contribution in [1.82, 2.24) is 0 Å². The van der Waals surface area contributed by atoms with E-state index in [4.69, 9.17) is 9.84 Å². The molecule has 0 saturated heterocycles. The van der Waals surface area contributed by atoms with Gasteiger partial charge in [0.1, 0.15) is 5.75 Å². The third-order valence-corrected chi connectivity index (χ3v) is 3.42. The number of aliphatic hydroxyl groups is 1. The van der Waals surface area contributed by atoms with Crippen molar-refractivity contribution in [2.24, 2.45) is 5.92 Å². The third-order valence-electron chi connectivity index (χ3n) is 3.42. The maximum atomic E-state index is 13.7. The van der Waals surface area contributed by atoms with Gasteiger partial charge in [0.2, 0.25) is 0 Å². The zero-order chi connectivity index (χ0) is 13.2. The van der Waals surface area contributed by atoms with E-state index in [-0.39, 0.29) is 13.0 Å². The Morgan fingerprint density at radius 1 is 1.39 bits per heavy atom. The zero-order valence-electron chi connectivity index (χ0n) is 10.2. The lowest BCUT2D eigenvalue weighted by Gasteiger charge is -2.25. The summed E-state index contributed by atoms with van der Waals surface area (Å²) in [6.45, 7) is -0.219. The van der Waals surface area contributed by atoms with Gasteiger partial charge in [-0.2, -0.15) is 0 Å². The first-order valence-corrected chi connectivity index (χ1v) is 5.96. The van der Waals surface area contributed by atoms with Gasteiger partial charge < -0.3 is 15.2 Å². The predicted molar refractivity (Wildman–Crippen MR) is 65.2 cm³/mol. The van der Waals surface area contributed by atoms with Gasteiger partial charge in [0.25, 0.3) is 5.92 Å². The summed E-state index contributed by atoms with van der Waals surface area (Å²) in [5, 5.41) is 12.0. The molecule has 1 aromatic carbocycles. The second kappa shape index (κ2) is 5.10. The van der Waals surface area contributed by atoms with Crippen LogP contribution in [0.15, 0.2) is 24.3 Å². The number of alkyl halides is 2. The normalized spacial score (nSPS) is 26.0. The molecule has 100 valence electrons. The minimum Gasteiger partial charge on any atom is -0.497 e. The fraction of sp³-hybridized carbons (Fsp3) is 0.538. The summed E-state index contributed by atoms with van der Waals surface area (Å²) in [5.74, 6) is -2.49. The summed E-state index contributed by atoms with van der Waals surface area (Å²) in [5.41, 5.74) is 0.612. The van der Waals surface area contributed by atoms with E-state index in [1.54, 1.807) is 31.4 Å². The fourth-order valence-electron chi connectivity index (χ4n) is 2.33. The molecule has 0 aromatic heterocycles. The van der Waals surface area contributed by atoms with Crippen LogP contribution in [0.2, 0.25) is 0 Å². The molecule has 0 bridgehead atoms. The molecule has 1 aliphatic rings. The minimum absolute atomic E-state index is 0.175. The molecule has 0 heterocycles. The summed E-state index contributed by atoms with van der Waals surface area (Å²) in [6, 6.07) is 5.81. The molecule has 1 fully saturated rings. The summed E-state index contributed by atoms with van der Waals surface area (Å²) in [6.07, 6.45) is 0.170. The quantitative estimate of drug-likeness (QED) is 0.870. The van der Waals surface area contributed by atoms with E-state index in [1.807, 2.05) is 0 Å². The molecule has 0 unspecified atom stereocenters. The maximum absolute atomic E-state index is 13.7.